The normalized spacial score (nSPS) is 13.2. The lowest BCUT2D eigenvalue weighted by Gasteiger charge is -2.21. The average molecular weight is 280 g/mol. The molecule has 1 aliphatic heterocycles. The summed E-state index contributed by atoms with van der Waals surface area (Å²) in [5.41, 5.74) is 6.10. The first kappa shape index (κ1) is 13.7. The lowest BCUT2D eigenvalue weighted by atomic mass is 9.97. The summed E-state index contributed by atoms with van der Waals surface area (Å²) in [6.07, 6.45) is 2.03. The fraction of sp³-hybridized carbons (Fsp3) is 0.278. The maximum absolute atomic E-state index is 12.7. The van der Waals surface area contributed by atoms with Gasteiger partial charge in [-0.15, -0.1) is 0 Å². The largest absolute Gasteiger partial charge is 0.385 e. The number of benzene rings is 2. The molecule has 1 amide bonds. The van der Waals surface area contributed by atoms with Gasteiger partial charge in [-0.3, -0.25) is 4.79 Å². The Hall–Kier alpha value is -2.29. The standard InChI is InChI=1S/C18H20N2O/c1-12-6-3-7-13(2)17(12)20-18(21)15-8-4-10-16-14(15)9-5-11-19-16/h3-4,6-8,10,19H,5,9,11H2,1-2H3,(H,20,21). The molecule has 21 heavy (non-hydrogen) atoms. The van der Waals surface area contributed by atoms with Crippen LogP contribution in [0.5, 0.6) is 0 Å². The summed E-state index contributed by atoms with van der Waals surface area (Å²) in [7, 11) is 0. The molecule has 0 unspecified atom stereocenters. The molecule has 1 heterocycles. The predicted octanol–water partition coefficient (Wildman–Crippen LogP) is 3.91. The minimum atomic E-state index is -0.0204. The van der Waals surface area contributed by atoms with E-state index in [9.17, 15) is 4.79 Å². The number of anilines is 2. The van der Waals surface area contributed by atoms with Crippen molar-refractivity contribution in [2.75, 3.05) is 17.2 Å². The monoisotopic (exact) mass is 280 g/mol. The second-order valence-electron chi connectivity index (χ2n) is 5.58. The number of aryl methyl sites for hydroxylation is 2. The van der Waals surface area contributed by atoms with Crippen molar-refractivity contribution in [3.05, 3.63) is 58.7 Å². The molecule has 0 aliphatic carbocycles. The van der Waals surface area contributed by atoms with Crippen molar-refractivity contribution in [1.29, 1.82) is 0 Å². The van der Waals surface area contributed by atoms with Crippen molar-refractivity contribution in [2.24, 2.45) is 0 Å². The first-order valence-corrected chi connectivity index (χ1v) is 7.40. The van der Waals surface area contributed by atoms with E-state index in [1.165, 1.54) is 0 Å². The summed E-state index contributed by atoms with van der Waals surface area (Å²) >= 11 is 0. The molecule has 108 valence electrons. The molecule has 0 fully saturated rings. The lowest BCUT2D eigenvalue weighted by Crippen LogP contribution is -2.20. The van der Waals surface area contributed by atoms with Crippen LogP contribution in [-0.2, 0) is 6.42 Å². The van der Waals surface area contributed by atoms with Gasteiger partial charge in [0.25, 0.3) is 5.91 Å². The van der Waals surface area contributed by atoms with Crippen molar-refractivity contribution in [3.63, 3.8) is 0 Å². The Kier molecular flexibility index (Phi) is 3.65. The topological polar surface area (TPSA) is 41.1 Å². The minimum Gasteiger partial charge on any atom is -0.385 e. The molecule has 0 saturated heterocycles. The van der Waals surface area contributed by atoms with Crippen molar-refractivity contribution < 1.29 is 4.79 Å². The Morgan fingerprint density at radius 2 is 1.81 bits per heavy atom. The van der Waals surface area contributed by atoms with Crippen molar-refractivity contribution >= 4 is 17.3 Å². The maximum atomic E-state index is 12.7. The van der Waals surface area contributed by atoms with E-state index < -0.39 is 0 Å². The maximum Gasteiger partial charge on any atom is 0.256 e. The number of hydrogen-bond donors (Lipinski definition) is 2. The van der Waals surface area contributed by atoms with Crippen molar-refractivity contribution in [3.8, 4) is 0 Å². The van der Waals surface area contributed by atoms with Crippen LogP contribution >= 0.6 is 0 Å². The van der Waals surface area contributed by atoms with Gasteiger partial charge in [-0.25, -0.2) is 0 Å². The van der Waals surface area contributed by atoms with Crippen LogP contribution in [0.2, 0.25) is 0 Å². The highest BCUT2D eigenvalue weighted by atomic mass is 16.1. The van der Waals surface area contributed by atoms with Gasteiger partial charge in [-0.1, -0.05) is 24.3 Å². The van der Waals surface area contributed by atoms with E-state index in [1.54, 1.807) is 0 Å². The number of hydrogen-bond acceptors (Lipinski definition) is 2. The number of rotatable bonds is 2. The number of carbonyl (C=O) groups excluding carboxylic acids is 1. The van der Waals surface area contributed by atoms with Crippen molar-refractivity contribution in [1.82, 2.24) is 0 Å². The third-order valence-electron chi connectivity index (χ3n) is 4.06. The zero-order valence-electron chi connectivity index (χ0n) is 12.5. The van der Waals surface area contributed by atoms with Gasteiger partial charge in [0.1, 0.15) is 0 Å². The van der Waals surface area contributed by atoms with Crippen LogP contribution in [-0.4, -0.2) is 12.5 Å². The molecule has 1 aliphatic rings. The zero-order chi connectivity index (χ0) is 14.8. The molecule has 0 spiro atoms. The average Bonchev–Trinajstić information content (AvgIpc) is 2.50. The van der Waals surface area contributed by atoms with E-state index in [0.29, 0.717) is 0 Å². The fourth-order valence-corrected chi connectivity index (χ4v) is 2.92. The quantitative estimate of drug-likeness (QED) is 0.875. The van der Waals surface area contributed by atoms with Gasteiger partial charge in [0.2, 0.25) is 0 Å². The highest BCUT2D eigenvalue weighted by Crippen LogP contribution is 2.27. The number of amides is 1. The summed E-state index contributed by atoms with van der Waals surface area (Å²) in [5.74, 6) is -0.0204. The molecule has 3 heteroatoms. The van der Waals surface area contributed by atoms with Gasteiger partial charge < -0.3 is 10.6 Å². The van der Waals surface area contributed by atoms with Crippen LogP contribution in [0.4, 0.5) is 11.4 Å². The second-order valence-corrected chi connectivity index (χ2v) is 5.58. The number of para-hydroxylation sites is 1. The molecule has 3 nitrogen and oxygen atoms in total. The summed E-state index contributed by atoms with van der Waals surface area (Å²) in [6, 6.07) is 11.9. The van der Waals surface area contributed by atoms with Gasteiger partial charge in [-0.2, -0.15) is 0 Å². The molecule has 0 radical (unpaired) electrons. The zero-order valence-corrected chi connectivity index (χ0v) is 12.5. The van der Waals surface area contributed by atoms with Crippen LogP contribution < -0.4 is 10.6 Å². The molecule has 0 atom stereocenters. The summed E-state index contributed by atoms with van der Waals surface area (Å²) in [4.78, 5) is 12.7. The fourth-order valence-electron chi connectivity index (χ4n) is 2.92. The van der Waals surface area contributed by atoms with E-state index in [4.69, 9.17) is 0 Å². The van der Waals surface area contributed by atoms with Gasteiger partial charge in [-0.05, 0) is 55.5 Å². The van der Waals surface area contributed by atoms with E-state index in [1.807, 2.05) is 50.2 Å². The molecule has 0 saturated carbocycles. The molecule has 3 rings (SSSR count). The number of fused-ring (bicyclic) bond motifs is 1. The molecule has 0 aromatic heterocycles. The van der Waals surface area contributed by atoms with Gasteiger partial charge in [0, 0.05) is 23.5 Å². The predicted molar refractivity (Wildman–Crippen MR) is 87.1 cm³/mol. The molecule has 2 aromatic carbocycles. The Balaban J connectivity index is 1.93. The van der Waals surface area contributed by atoms with Crippen LogP contribution in [0.3, 0.4) is 0 Å². The number of nitrogens with one attached hydrogen (secondary N) is 2. The van der Waals surface area contributed by atoms with E-state index in [0.717, 1.165) is 53.0 Å². The highest BCUT2D eigenvalue weighted by molar-refractivity contribution is 6.07. The van der Waals surface area contributed by atoms with Crippen LogP contribution in [0.15, 0.2) is 36.4 Å². The minimum absolute atomic E-state index is 0.0204. The van der Waals surface area contributed by atoms with E-state index >= 15 is 0 Å². The van der Waals surface area contributed by atoms with E-state index in [-0.39, 0.29) is 5.91 Å². The Morgan fingerprint density at radius 1 is 1.10 bits per heavy atom. The van der Waals surface area contributed by atoms with E-state index in [2.05, 4.69) is 10.6 Å². The Morgan fingerprint density at radius 3 is 2.57 bits per heavy atom. The summed E-state index contributed by atoms with van der Waals surface area (Å²) in [6.45, 7) is 5.02. The number of carbonyl (C=O) groups is 1. The molecule has 2 N–H and O–H groups in total. The summed E-state index contributed by atoms with van der Waals surface area (Å²) < 4.78 is 0. The van der Waals surface area contributed by atoms with Gasteiger partial charge in [0.05, 0.1) is 0 Å². The first-order chi connectivity index (χ1) is 10.2. The molecule has 0 bridgehead atoms. The van der Waals surface area contributed by atoms with Gasteiger partial charge >= 0.3 is 0 Å². The van der Waals surface area contributed by atoms with Crippen LogP contribution in [0, 0.1) is 13.8 Å². The molecular weight excluding hydrogens is 260 g/mol. The third kappa shape index (κ3) is 2.64. The SMILES string of the molecule is Cc1cccc(C)c1NC(=O)c1cccc2c1CCCN2. The Bertz CT molecular complexity index is 671. The van der Waals surface area contributed by atoms with Gasteiger partial charge in [0.15, 0.2) is 0 Å². The third-order valence-corrected chi connectivity index (χ3v) is 4.06. The second kappa shape index (κ2) is 5.60. The highest BCUT2D eigenvalue weighted by Gasteiger charge is 2.18. The van der Waals surface area contributed by atoms with Crippen LogP contribution in [0.25, 0.3) is 0 Å². The summed E-state index contributed by atoms with van der Waals surface area (Å²) in [5, 5.41) is 6.44. The van der Waals surface area contributed by atoms with Crippen LogP contribution in [0.1, 0.15) is 33.5 Å². The lowest BCUT2D eigenvalue weighted by molar-refractivity contribution is 0.102. The first-order valence-electron chi connectivity index (χ1n) is 7.40. The smallest absolute Gasteiger partial charge is 0.256 e. The Labute approximate surface area is 125 Å². The van der Waals surface area contributed by atoms with Crippen molar-refractivity contribution in [2.45, 2.75) is 26.7 Å². The molecular formula is C18H20N2O. The molecule has 2 aromatic rings.